The molecule has 9 heteroatoms. The van der Waals surface area contributed by atoms with Gasteiger partial charge in [-0.2, -0.15) is 13.2 Å². The fourth-order valence-electron chi connectivity index (χ4n) is 1.24. The first-order valence-electron chi connectivity index (χ1n) is 4.39. The highest BCUT2D eigenvalue weighted by Crippen LogP contribution is 2.35. The monoisotopic (exact) mass is 376 g/mol. The molecule has 0 aliphatic heterocycles. The van der Waals surface area contributed by atoms with E-state index in [0.29, 0.717) is 6.07 Å². The number of carbonyl (C=O) groups is 1. The van der Waals surface area contributed by atoms with Gasteiger partial charge >= 0.3 is 12.1 Å². The van der Waals surface area contributed by atoms with Crippen LogP contribution in [0.5, 0.6) is 0 Å². The van der Waals surface area contributed by atoms with Gasteiger partial charge in [0.15, 0.2) is 0 Å². The summed E-state index contributed by atoms with van der Waals surface area (Å²) in [6.45, 7) is 0. The predicted octanol–water partition coefficient (Wildman–Crippen LogP) is 1.61. The number of nitrogens with one attached hydrogen (secondary N) is 1. The number of ether oxygens (including phenoxy) is 1. The molecule has 0 saturated carbocycles. The number of quaternary nitrogens is 1. The summed E-state index contributed by atoms with van der Waals surface area (Å²) in [4.78, 5) is 11.3. The van der Waals surface area contributed by atoms with E-state index in [4.69, 9.17) is 0 Å². The Kier molecular flexibility index (Phi) is 4.53. The molecule has 1 aromatic carbocycles. The topological polar surface area (TPSA) is 76.9 Å². The average Bonchev–Trinajstić information content (AvgIpc) is 2.25. The molecule has 1 rings (SSSR count). The Balaban J connectivity index is 3.49. The van der Waals surface area contributed by atoms with Gasteiger partial charge in [-0.05, 0) is 28.7 Å². The van der Waals surface area contributed by atoms with Gasteiger partial charge in [-0.3, -0.25) is 0 Å². The molecule has 0 aliphatic carbocycles. The summed E-state index contributed by atoms with van der Waals surface area (Å²) < 4.78 is 41.7. The summed E-state index contributed by atoms with van der Waals surface area (Å²) in [5, 5.41) is 19.6. The molecule has 0 aromatic heterocycles. The highest BCUT2D eigenvalue weighted by molar-refractivity contribution is 14.1. The third kappa shape index (κ3) is 3.10. The minimum atomic E-state index is -4.71. The van der Waals surface area contributed by atoms with Crippen molar-refractivity contribution in [2.75, 3.05) is 7.11 Å². The number of halogens is 4. The van der Waals surface area contributed by atoms with Gasteiger partial charge in [-0.25, -0.2) is 4.79 Å². The third-order valence-electron chi connectivity index (χ3n) is 2.04. The molecular weight excluding hydrogens is 370 g/mol. The van der Waals surface area contributed by atoms with Crippen LogP contribution >= 0.6 is 22.6 Å². The number of rotatable bonds is 2. The number of hydrogen-bond donors (Lipinski definition) is 1. The van der Waals surface area contributed by atoms with Crippen LogP contribution in [0.15, 0.2) is 12.1 Å². The van der Waals surface area contributed by atoms with Crippen LogP contribution in [0.1, 0.15) is 15.9 Å². The van der Waals surface area contributed by atoms with E-state index in [-0.39, 0.29) is 3.57 Å². The van der Waals surface area contributed by atoms with Crippen LogP contribution in [-0.2, 0) is 10.9 Å². The smallest absolute Gasteiger partial charge is 0.417 e. The van der Waals surface area contributed by atoms with Crippen LogP contribution in [-0.4, -0.2) is 13.1 Å². The van der Waals surface area contributed by atoms with Crippen molar-refractivity contribution in [3.05, 3.63) is 37.2 Å². The first-order chi connectivity index (χ1) is 8.18. The summed E-state index contributed by atoms with van der Waals surface area (Å²) in [5.41, 5.74) is -2.47. The van der Waals surface area contributed by atoms with E-state index in [9.17, 15) is 28.4 Å². The van der Waals surface area contributed by atoms with E-state index in [0.717, 1.165) is 13.2 Å². The van der Waals surface area contributed by atoms with Gasteiger partial charge in [0.25, 0.3) is 0 Å². The summed E-state index contributed by atoms with van der Waals surface area (Å²) in [5.74, 6) is -1.04. The SMILES string of the molecule is COC(=O)c1cc(I)c(C(F)(F)F)cc1[NH+]([O-])[O-]. The van der Waals surface area contributed by atoms with Crippen molar-refractivity contribution in [3.63, 3.8) is 0 Å². The van der Waals surface area contributed by atoms with E-state index in [2.05, 4.69) is 4.74 Å². The van der Waals surface area contributed by atoms with Gasteiger partial charge in [0.2, 0.25) is 0 Å². The molecule has 0 radical (unpaired) electrons. The van der Waals surface area contributed by atoms with E-state index < -0.39 is 34.2 Å². The maximum Gasteiger partial charge on any atom is 0.417 e. The molecule has 0 amide bonds. The molecule has 0 unspecified atom stereocenters. The van der Waals surface area contributed by atoms with Crippen molar-refractivity contribution in [3.8, 4) is 0 Å². The molecule has 5 nitrogen and oxygen atoms in total. The zero-order valence-corrected chi connectivity index (χ0v) is 11.0. The zero-order valence-electron chi connectivity index (χ0n) is 8.80. The summed E-state index contributed by atoms with van der Waals surface area (Å²) >= 11 is 1.36. The van der Waals surface area contributed by atoms with Crippen LogP contribution in [0.3, 0.4) is 0 Å². The molecule has 1 aromatic rings. The van der Waals surface area contributed by atoms with Crippen LogP contribution in [0.4, 0.5) is 18.9 Å². The van der Waals surface area contributed by atoms with E-state index in [1.807, 2.05) is 0 Å². The fraction of sp³-hybridized carbons (Fsp3) is 0.222. The predicted molar refractivity (Wildman–Crippen MR) is 62.9 cm³/mol. The summed E-state index contributed by atoms with van der Waals surface area (Å²) in [6.07, 6.45) is -4.71. The van der Waals surface area contributed by atoms with Crippen LogP contribution in [0, 0.1) is 14.0 Å². The van der Waals surface area contributed by atoms with Crippen LogP contribution in [0.25, 0.3) is 0 Å². The minimum Gasteiger partial charge on any atom is -0.628 e. The molecule has 0 atom stereocenters. The number of hydrogen-bond acceptors (Lipinski definition) is 4. The number of carbonyl (C=O) groups excluding carboxylic acids is 1. The lowest BCUT2D eigenvalue weighted by Crippen LogP contribution is -2.96. The highest BCUT2D eigenvalue weighted by Gasteiger charge is 2.35. The Morgan fingerprint density at radius 2 is 1.94 bits per heavy atom. The molecule has 100 valence electrons. The normalized spacial score (nSPS) is 11.8. The van der Waals surface area contributed by atoms with Crippen molar-refractivity contribution in [1.82, 2.24) is 0 Å². The van der Waals surface area contributed by atoms with Gasteiger partial charge in [0, 0.05) is 9.64 Å². The molecule has 0 fully saturated rings. The van der Waals surface area contributed by atoms with E-state index in [1.54, 1.807) is 0 Å². The van der Waals surface area contributed by atoms with E-state index >= 15 is 0 Å². The highest BCUT2D eigenvalue weighted by atomic mass is 127. The molecular formula is C9H6F3INO4-. The molecule has 0 bridgehead atoms. The van der Waals surface area contributed by atoms with Crippen molar-refractivity contribution < 1.29 is 27.9 Å². The second kappa shape index (κ2) is 5.38. The minimum absolute atomic E-state index is 0.300. The molecule has 0 aliphatic rings. The lowest BCUT2D eigenvalue weighted by Gasteiger charge is -2.27. The van der Waals surface area contributed by atoms with Gasteiger partial charge in [-0.15, -0.1) is 0 Å². The standard InChI is InChI=1S/C9H6F3INO4/c1-18-8(15)4-2-6(13)5(9(10,11)12)3-7(4)14(16)17/h2-3,14H,1H3/q-1. The Hall–Kier alpha value is -0.910. The summed E-state index contributed by atoms with van der Waals surface area (Å²) in [7, 11) is 0.992. The summed E-state index contributed by atoms with van der Waals surface area (Å²) in [6, 6.07) is 1.17. The Morgan fingerprint density at radius 1 is 1.39 bits per heavy atom. The van der Waals surface area contributed by atoms with Gasteiger partial charge in [-0.1, -0.05) is 0 Å². The Morgan fingerprint density at radius 3 is 2.33 bits per heavy atom. The molecule has 0 spiro atoms. The lowest BCUT2D eigenvalue weighted by atomic mass is 10.1. The molecule has 18 heavy (non-hydrogen) atoms. The number of esters is 1. The van der Waals surface area contributed by atoms with Gasteiger partial charge in [0.1, 0.15) is 11.3 Å². The quantitative estimate of drug-likeness (QED) is 0.484. The second-order valence-corrected chi connectivity index (χ2v) is 4.32. The van der Waals surface area contributed by atoms with Crippen molar-refractivity contribution in [1.29, 1.82) is 0 Å². The molecule has 0 heterocycles. The Labute approximate surface area is 113 Å². The average molecular weight is 376 g/mol. The second-order valence-electron chi connectivity index (χ2n) is 3.15. The van der Waals surface area contributed by atoms with Crippen molar-refractivity contribution in [2.24, 2.45) is 0 Å². The number of benzene rings is 1. The fourth-order valence-corrected chi connectivity index (χ4v) is 2.01. The van der Waals surface area contributed by atoms with E-state index in [1.165, 1.54) is 22.6 Å². The molecule has 0 saturated heterocycles. The van der Waals surface area contributed by atoms with Crippen molar-refractivity contribution in [2.45, 2.75) is 6.18 Å². The number of methoxy groups -OCH3 is 1. The third-order valence-corrected chi connectivity index (χ3v) is 2.93. The lowest BCUT2D eigenvalue weighted by molar-refractivity contribution is -0.715. The van der Waals surface area contributed by atoms with Gasteiger partial charge < -0.3 is 20.4 Å². The van der Waals surface area contributed by atoms with Crippen molar-refractivity contribution >= 4 is 34.2 Å². The van der Waals surface area contributed by atoms with Gasteiger partial charge in [0.05, 0.1) is 12.7 Å². The maximum atomic E-state index is 12.6. The zero-order chi connectivity index (χ0) is 14.1. The first-order valence-corrected chi connectivity index (χ1v) is 5.46. The van der Waals surface area contributed by atoms with Crippen LogP contribution < -0.4 is 5.23 Å². The number of alkyl halides is 3. The van der Waals surface area contributed by atoms with Crippen LogP contribution in [0.2, 0.25) is 0 Å². The maximum absolute atomic E-state index is 12.6. The largest absolute Gasteiger partial charge is 0.628 e. The Bertz CT molecular complexity index is 476. The molecule has 1 N–H and O–H groups in total. The first kappa shape index (κ1) is 15.1.